The van der Waals surface area contributed by atoms with Crippen LogP contribution in [0.5, 0.6) is 5.75 Å². The first-order valence-electron chi connectivity index (χ1n) is 8.01. The van der Waals surface area contributed by atoms with Gasteiger partial charge in [0, 0.05) is 42.2 Å². The topological polar surface area (TPSA) is 52.6 Å². The molecule has 2 rings (SSSR count). The summed E-state index contributed by atoms with van der Waals surface area (Å²) in [5.74, 6) is 4.99. The fourth-order valence-electron chi connectivity index (χ4n) is 2.85. The molecule has 1 aliphatic heterocycles. The van der Waals surface area contributed by atoms with Crippen molar-refractivity contribution in [1.82, 2.24) is 0 Å². The number of carbonyl (C=O) groups excluding carboxylic acids is 2. The lowest BCUT2D eigenvalue weighted by molar-refractivity contribution is -0.130. The number of Topliss-reactive ketones (excluding diaryl/α,β-unsaturated/α-hetero) is 2. The van der Waals surface area contributed by atoms with Gasteiger partial charge in [-0.2, -0.15) is 0 Å². The SMILES string of the molecule is CC#Cc1cc(Cl)c(C2C(=O)CCCOCCCC2=O)c(OC)c1. The van der Waals surface area contributed by atoms with Crippen molar-refractivity contribution in [3.05, 3.63) is 28.3 Å². The minimum Gasteiger partial charge on any atom is -0.496 e. The number of hydrogen-bond acceptors (Lipinski definition) is 4. The van der Waals surface area contributed by atoms with Gasteiger partial charge in [-0.25, -0.2) is 0 Å². The van der Waals surface area contributed by atoms with Crippen LogP contribution in [0.3, 0.4) is 0 Å². The lowest BCUT2D eigenvalue weighted by atomic mass is 9.85. The maximum Gasteiger partial charge on any atom is 0.148 e. The molecule has 0 atom stereocenters. The first-order valence-corrected chi connectivity index (χ1v) is 8.39. The van der Waals surface area contributed by atoms with E-state index >= 15 is 0 Å². The predicted molar refractivity (Wildman–Crippen MR) is 92.6 cm³/mol. The summed E-state index contributed by atoms with van der Waals surface area (Å²) in [5, 5.41) is 0.340. The van der Waals surface area contributed by atoms with Crippen LogP contribution in [-0.2, 0) is 14.3 Å². The Morgan fingerprint density at radius 1 is 1.17 bits per heavy atom. The van der Waals surface area contributed by atoms with Crippen LogP contribution >= 0.6 is 11.6 Å². The van der Waals surface area contributed by atoms with Gasteiger partial charge < -0.3 is 9.47 Å². The van der Waals surface area contributed by atoms with Crippen LogP contribution in [0, 0.1) is 11.8 Å². The summed E-state index contributed by atoms with van der Waals surface area (Å²) in [6, 6.07) is 3.40. The lowest BCUT2D eigenvalue weighted by Gasteiger charge is -2.21. The van der Waals surface area contributed by atoms with Crippen LogP contribution < -0.4 is 4.74 Å². The summed E-state index contributed by atoms with van der Waals surface area (Å²) in [7, 11) is 1.50. The molecule has 4 nitrogen and oxygen atoms in total. The molecule has 0 amide bonds. The standard InChI is InChI=1S/C19H21ClO4/c1-3-6-13-11-14(20)18(17(12-13)23-2)19-15(21)7-4-9-24-10-5-8-16(19)22/h11-12,19H,4-5,7-10H2,1-2H3. The van der Waals surface area contributed by atoms with Crippen molar-refractivity contribution in [2.75, 3.05) is 20.3 Å². The highest BCUT2D eigenvalue weighted by molar-refractivity contribution is 6.32. The Bertz CT molecular complexity index is 665. The molecule has 1 heterocycles. The molecule has 1 aromatic rings. The van der Waals surface area contributed by atoms with Gasteiger partial charge in [-0.15, -0.1) is 5.92 Å². The zero-order chi connectivity index (χ0) is 17.5. The van der Waals surface area contributed by atoms with Gasteiger partial charge in [-0.1, -0.05) is 17.5 Å². The van der Waals surface area contributed by atoms with Crippen LogP contribution in [0.4, 0.5) is 0 Å². The van der Waals surface area contributed by atoms with Crippen molar-refractivity contribution in [2.45, 2.75) is 38.5 Å². The molecule has 1 aliphatic rings. The number of hydrogen-bond donors (Lipinski definition) is 0. The van der Waals surface area contributed by atoms with Gasteiger partial charge in [0.2, 0.25) is 0 Å². The third-order valence-electron chi connectivity index (χ3n) is 3.94. The Morgan fingerprint density at radius 2 is 1.79 bits per heavy atom. The maximum atomic E-state index is 12.7. The lowest BCUT2D eigenvalue weighted by Crippen LogP contribution is -2.24. The predicted octanol–water partition coefficient (Wildman–Crippen LogP) is 3.53. The first-order chi connectivity index (χ1) is 11.6. The van der Waals surface area contributed by atoms with Gasteiger partial charge in [0.15, 0.2) is 0 Å². The number of carbonyl (C=O) groups is 2. The van der Waals surface area contributed by atoms with E-state index < -0.39 is 5.92 Å². The van der Waals surface area contributed by atoms with Gasteiger partial charge in [-0.3, -0.25) is 9.59 Å². The molecule has 0 N–H and O–H groups in total. The quantitative estimate of drug-likeness (QED) is 0.606. The zero-order valence-corrected chi connectivity index (χ0v) is 14.7. The maximum absolute atomic E-state index is 12.7. The Kier molecular flexibility index (Phi) is 6.84. The van der Waals surface area contributed by atoms with Crippen molar-refractivity contribution in [2.24, 2.45) is 0 Å². The fraction of sp³-hybridized carbons (Fsp3) is 0.474. The molecule has 5 heteroatoms. The van der Waals surface area contributed by atoms with Crippen molar-refractivity contribution >= 4 is 23.2 Å². The Labute approximate surface area is 147 Å². The van der Waals surface area contributed by atoms with Gasteiger partial charge in [0.25, 0.3) is 0 Å². The Balaban J connectivity index is 2.49. The molecule has 128 valence electrons. The van der Waals surface area contributed by atoms with E-state index in [0.29, 0.717) is 48.0 Å². The Morgan fingerprint density at radius 3 is 2.33 bits per heavy atom. The molecular weight excluding hydrogens is 328 g/mol. The van der Waals surface area contributed by atoms with E-state index in [1.165, 1.54) is 7.11 Å². The van der Waals surface area contributed by atoms with E-state index in [0.717, 1.165) is 0 Å². The van der Waals surface area contributed by atoms with Gasteiger partial charge in [0.1, 0.15) is 23.2 Å². The average Bonchev–Trinajstić information content (AvgIpc) is 2.55. The summed E-state index contributed by atoms with van der Waals surface area (Å²) in [4.78, 5) is 25.3. The number of rotatable bonds is 2. The molecule has 1 fully saturated rings. The van der Waals surface area contributed by atoms with Crippen molar-refractivity contribution in [1.29, 1.82) is 0 Å². The molecule has 24 heavy (non-hydrogen) atoms. The largest absolute Gasteiger partial charge is 0.496 e. The van der Waals surface area contributed by atoms with E-state index in [-0.39, 0.29) is 24.4 Å². The van der Waals surface area contributed by atoms with Crippen LogP contribution in [0.2, 0.25) is 5.02 Å². The Hall–Kier alpha value is -1.83. The molecule has 0 spiro atoms. The molecule has 1 saturated heterocycles. The number of ketones is 2. The smallest absolute Gasteiger partial charge is 0.148 e. The van der Waals surface area contributed by atoms with Gasteiger partial charge >= 0.3 is 0 Å². The highest BCUT2D eigenvalue weighted by Crippen LogP contribution is 2.37. The molecule has 0 saturated carbocycles. The normalized spacial score (nSPS) is 17.1. The van der Waals surface area contributed by atoms with Crippen LogP contribution in [0.1, 0.15) is 49.7 Å². The fourth-order valence-corrected chi connectivity index (χ4v) is 3.17. The third kappa shape index (κ3) is 4.37. The molecular formula is C19H21ClO4. The van der Waals surface area contributed by atoms with Gasteiger partial charge in [-0.05, 0) is 31.9 Å². The van der Waals surface area contributed by atoms with E-state index in [9.17, 15) is 9.59 Å². The molecule has 1 aromatic carbocycles. The number of halogens is 1. The highest BCUT2D eigenvalue weighted by atomic mass is 35.5. The summed E-state index contributed by atoms with van der Waals surface area (Å²) in [5.41, 5.74) is 1.15. The second kappa shape index (κ2) is 8.86. The van der Waals surface area contributed by atoms with Crippen LogP contribution in [0.25, 0.3) is 0 Å². The minimum atomic E-state index is -0.880. The average molecular weight is 349 g/mol. The van der Waals surface area contributed by atoms with Crippen LogP contribution in [0.15, 0.2) is 12.1 Å². The van der Waals surface area contributed by atoms with Crippen molar-refractivity contribution in [3.63, 3.8) is 0 Å². The minimum absolute atomic E-state index is 0.139. The zero-order valence-electron chi connectivity index (χ0n) is 14.0. The number of methoxy groups -OCH3 is 1. The second-order valence-electron chi connectivity index (χ2n) is 5.63. The van der Waals surface area contributed by atoms with Crippen molar-refractivity contribution in [3.8, 4) is 17.6 Å². The van der Waals surface area contributed by atoms with E-state index in [1.54, 1.807) is 19.1 Å². The third-order valence-corrected chi connectivity index (χ3v) is 4.25. The molecule has 0 radical (unpaired) electrons. The summed E-state index contributed by atoms with van der Waals surface area (Å²) >= 11 is 6.40. The summed E-state index contributed by atoms with van der Waals surface area (Å²) < 4.78 is 10.8. The van der Waals surface area contributed by atoms with Gasteiger partial charge in [0.05, 0.1) is 7.11 Å². The second-order valence-corrected chi connectivity index (χ2v) is 6.04. The highest BCUT2D eigenvalue weighted by Gasteiger charge is 2.32. The van der Waals surface area contributed by atoms with E-state index in [4.69, 9.17) is 21.1 Å². The van der Waals surface area contributed by atoms with E-state index in [2.05, 4.69) is 11.8 Å². The monoisotopic (exact) mass is 348 g/mol. The van der Waals surface area contributed by atoms with Crippen LogP contribution in [-0.4, -0.2) is 31.9 Å². The number of benzene rings is 1. The van der Waals surface area contributed by atoms with Crippen molar-refractivity contribution < 1.29 is 19.1 Å². The summed E-state index contributed by atoms with van der Waals surface area (Å²) in [6.07, 6.45) is 1.77. The van der Waals surface area contributed by atoms with E-state index in [1.807, 2.05) is 0 Å². The molecule has 0 aromatic heterocycles. The molecule has 0 unspecified atom stereocenters. The number of ether oxygens (including phenoxy) is 2. The molecule has 0 aliphatic carbocycles. The first kappa shape index (κ1) is 18.5. The summed E-state index contributed by atoms with van der Waals surface area (Å²) in [6.45, 7) is 2.79. The molecule has 0 bridgehead atoms.